The molecule has 0 fully saturated rings. The number of nitrogens with one attached hydrogen (secondary N) is 2. The number of hydrogen-bond donors (Lipinski definition) is 2. The maximum Gasteiger partial charge on any atom is 0.264 e. The van der Waals surface area contributed by atoms with Crippen LogP contribution < -0.4 is 10.9 Å². The van der Waals surface area contributed by atoms with Crippen LogP contribution in [0.4, 0.5) is 5.82 Å². The Morgan fingerprint density at radius 1 is 1.00 bits per heavy atom. The summed E-state index contributed by atoms with van der Waals surface area (Å²) in [5.74, 6) is 0.585. The van der Waals surface area contributed by atoms with Gasteiger partial charge in [-0.3, -0.25) is 9.36 Å². The summed E-state index contributed by atoms with van der Waals surface area (Å²) in [5.41, 5.74) is 1.99. The molecule has 2 aromatic carbocycles. The van der Waals surface area contributed by atoms with E-state index in [2.05, 4.69) is 20.3 Å². The summed E-state index contributed by atoms with van der Waals surface area (Å²) >= 11 is 12.7. The zero-order valence-electron chi connectivity index (χ0n) is 16.4. The standard InChI is InChI=1S/C23H17Cl2N5O/c1-13(29-22-20-17(25)11-26-21(20)27-12-28-22)18-10-14-6-5-9-16(24)19(14)23(31)30(18)15-7-3-2-4-8-15/h2-13H,1H3,(H2,26,27,28,29)/t13-/m0/s1. The number of halogens is 2. The van der Waals surface area contributed by atoms with Crippen molar-refractivity contribution in [3.63, 3.8) is 0 Å². The van der Waals surface area contributed by atoms with E-state index in [1.165, 1.54) is 6.33 Å². The molecule has 154 valence electrons. The van der Waals surface area contributed by atoms with Crippen molar-refractivity contribution in [3.8, 4) is 5.69 Å². The van der Waals surface area contributed by atoms with Gasteiger partial charge in [-0.2, -0.15) is 0 Å². The van der Waals surface area contributed by atoms with E-state index >= 15 is 0 Å². The van der Waals surface area contributed by atoms with E-state index < -0.39 is 0 Å². The minimum atomic E-state index is -0.277. The second-order valence-corrected chi connectivity index (χ2v) is 8.01. The van der Waals surface area contributed by atoms with Crippen molar-refractivity contribution in [2.75, 3.05) is 5.32 Å². The topological polar surface area (TPSA) is 75.6 Å². The molecule has 0 aliphatic rings. The van der Waals surface area contributed by atoms with Gasteiger partial charge in [-0.05, 0) is 36.6 Å². The third-order valence-electron chi connectivity index (χ3n) is 5.26. The van der Waals surface area contributed by atoms with Crippen LogP contribution in [0.25, 0.3) is 27.5 Å². The van der Waals surface area contributed by atoms with Crippen LogP contribution in [0.5, 0.6) is 0 Å². The minimum Gasteiger partial charge on any atom is -0.361 e. The first kappa shape index (κ1) is 19.6. The summed E-state index contributed by atoms with van der Waals surface area (Å²) in [4.78, 5) is 25.2. The molecule has 0 saturated heterocycles. The average molecular weight is 450 g/mol. The van der Waals surface area contributed by atoms with Crippen LogP contribution in [-0.2, 0) is 0 Å². The van der Waals surface area contributed by atoms with Crippen LogP contribution in [0.2, 0.25) is 10.0 Å². The SMILES string of the molecule is C[C@H](Nc1ncnc2[nH]cc(Cl)c12)c1cc2cccc(Cl)c2c(=O)n1-c1ccccc1. The lowest BCUT2D eigenvalue weighted by Gasteiger charge is -2.22. The predicted molar refractivity (Wildman–Crippen MR) is 125 cm³/mol. The van der Waals surface area contributed by atoms with Crippen molar-refractivity contribution in [3.05, 3.63) is 93.2 Å². The van der Waals surface area contributed by atoms with E-state index in [0.717, 1.165) is 16.8 Å². The first-order valence-corrected chi connectivity index (χ1v) is 10.4. The summed E-state index contributed by atoms with van der Waals surface area (Å²) in [7, 11) is 0. The van der Waals surface area contributed by atoms with Crippen molar-refractivity contribution < 1.29 is 0 Å². The van der Waals surface area contributed by atoms with Crippen molar-refractivity contribution in [1.29, 1.82) is 0 Å². The molecule has 31 heavy (non-hydrogen) atoms. The summed E-state index contributed by atoms with van der Waals surface area (Å²) in [5, 5.41) is 6.32. The molecule has 3 aromatic heterocycles. The Morgan fingerprint density at radius 2 is 1.81 bits per heavy atom. The molecule has 1 atom stereocenters. The van der Waals surface area contributed by atoms with Crippen LogP contribution in [0.1, 0.15) is 18.7 Å². The molecule has 0 unspecified atom stereocenters. The Bertz CT molecular complexity index is 1480. The van der Waals surface area contributed by atoms with E-state index in [4.69, 9.17) is 23.2 Å². The van der Waals surface area contributed by atoms with Crippen molar-refractivity contribution >= 4 is 50.8 Å². The van der Waals surface area contributed by atoms with Crippen LogP contribution in [0, 0.1) is 0 Å². The van der Waals surface area contributed by atoms with Gasteiger partial charge in [-0.15, -0.1) is 0 Å². The van der Waals surface area contributed by atoms with Crippen LogP contribution >= 0.6 is 23.2 Å². The number of nitrogens with zero attached hydrogens (tertiary/aromatic N) is 3. The highest BCUT2D eigenvalue weighted by molar-refractivity contribution is 6.36. The fourth-order valence-electron chi connectivity index (χ4n) is 3.82. The lowest BCUT2D eigenvalue weighted by molar-refractivity contribution is 0.774. The molecule has 6 nitrogen and oxygen atoms in total. The maximum absolute atomic E-state index is 13.6. The molecule has 2 N–H and O–H groups in total. The number of benzene rings is 2. The van der Waals surface area contributed by atoms with E-state index in [1.807, 2.05) is 55.5 Å². The molecular formula is C23H17Cl2N5O. The Labute approximate surface area is 187 Å². The maximum atomic E-state index is 13.6. The third kappa shape index (κ3) is 3.34. The van der Waals surface area contributed by atoms with Gasteiger partial charge in [0.05, 0.1) is 26.9 Å². The van der Waals surface area contributed by atoms with Crippen LogP contribution in [-0.4, -0.2) is 19.5 Å². The van der Waals surface area contributed by atoms with E-state index in [-0.39, 0.29) is 11.6 Å². The number of anilines is 1. The molecule has 8 heteroatoms. The molecule has 0 saturated carbocycles. The molecule has 0 amide bonds. The van der Waals surface area contributed by atoms with E-state index in [0.29, 0.717) is 32.3 Å². The molecule has 5 rings (SSSR count). The highest BCUT2D eigenvalue weighted by Crippen LogP contribution is 2.31. The fraction of sp³-hybridized carbons (Fsp3) is 0.0870. The highest BCUT2D eigenvalue weighted by atomic mass is 35.5. The van der Waals surface area contributed by atoms with Gasteiger partial charge in [0.25, 0.3) is 5.56 Å². The molecule has 0 radical (unpaired) electrons. The fourth-order valence-corrected chi connectivity index (χ4v) is 4.31. The summed E-state index contributed by atoms with van der Waals surface area (Å²) in [6.07, 6.45) is 3.14. The van der Waals surface area contributed by atoms with Gasteiger partial charge < -0.3 is 10.3 Å². The molecule has 3 heterocycles. The summed E-state index contributed by atoms with van der Waals surface area (Å²) in [6, 6.07) is 16.7. The molecule has 0 aliphatic heterocycles. The Balaban J connectivity index is 1.71. The van der Waals surface area contributed by atoms with Gasteiger partial charge in [0.15, 0.2) is 0 Å². The average Bonchev–Trinajstić information content (AvgIpc) is 3.16. The summed E-state index contributed by atoms with van der Waals surface area (Å²) in [6.45, 7) is 1.97. The molecule has 0 bridgehead atoms. The monoisotopic (exact) mass is 449 g/mol. The van der Waals surface area contributed by atoms with Crippen molar-refractivity contribution in [2.45, 2.75) is 13.0 Å². The van der Waals surface area contributed by atoms with E-state index in [9.17, 15) is 4.79 Å². The quantitative estimate of drug-likeness (QED) is 0.366. The van der Waals surface area contributed by atoms with E-state index in [1.54, 1.807) is 16.8 Å². The van der Waals surface area contributed by atoms with Gasteiger partial charge in [0.1, 0.15) is 17.8 Å². The molecule has 0 aliphatic carbocycles. The second-order valence-electron chi connectivity index (χ2n) is 7.20. The summed E-state index contributed by atoms with van der Waals surface area (Å²) < 4.78 is 1.68. The number of aromatic amines is 1. The smallest absolute Gasteiger partial charge is 0.264 e. The number of pyridine rings is 1. The lowest BCUT2D eigenvalue weighted by atomic mass is 10.1. The number of fused-ring (bicyclic) bond motifs is 2. The van der Waals surface area contributed by atoms with Gasteiger partial charge in [0, 0.05) is 17.6 Å². The van der Waals surface area contributed by atoms with Gasteiger partial charge in [0.2, 0.25) is 0 Å². The number of rotatable bonds is 4. The third-order valence-corrected chi connectivity index (χ3v) is 5.87. The van der Waals surface area contributed by atoms with Gasteiger partial charge in [-0.1, -0.05) is 53.5 Å². The number of H-pyrrole nitrogens is 1. The van der Waals surface area contributed by atoms with Crippen LogP contribution in [0.15, 0.2) is 71.9 Å². The lowest BCUT2D eigenvalue weighted by Crippen LogP contribution is -2.25. The highest BCUT2D eigenvalue weighted by Gasteiger charge is 2.19. The minimum absolute atomic E-state index is 0.175. The number of hydrogen-bond acceptors (Lipinski definition) is 4. The molecule has 0 spiro atoms. The Hall–Kier alpha value is -3.35. The zero-order valence-corrected chi connectivity index (χ0v) is 17.9. The van der Waals surface area contributed by atoms with Gasteiger partial charge in [-0.25, -0.2) is 9.97 Å². The first-order valence-electron chi connectivity index (χ1n) is 9.68. The molecular weight excluding hydrogens is 433 g/mol. The van der Waals surface area contributed by atoms with Gasteiger partial charge >= 0.3 is 0 Å². The van der Waals surface area contributed by atoms with Crippen molar-refractivity contribution in [1.82, 2.24) is 19.5 Å². The Morgan fingerprint density at radius 3 is 2.61 bits per heavy atom. The Kier molecular flexibility index (Phi) is 4.88. The number of para-hydroxylation sites is 1. The van der Waals surface area contributed by atoms with Crippen LogP contribution in [0.3, 0.4) is 0 Å². The largest absolute Gasteiger partial charge is 0.361 e. The number of aromatic nitrogens is 4. The second kappa shape index (κ2) is 7.72. The first-order chi connectivity index (χ1) is 15.0. The zero-order chi connectivity index (χ0) is 21.5. The normalized spacial score (nSPS) is 12.4. The molecule has 5 aromatic rings. The predicted octanol–water partition coefficient (Wildman–Crippen LogP) is 5.74. The van der Waals surface area contributed by atoms with Crippen molar-refractivity contribution in [2.24, 2.45) is 0 Å².